The Morgan fingerprint density at radius 1 is 1.11 bits per heavy atom. The van der Waals surface area contributed by atoms with Gasteiger partial charge >= 0.3 is 11.9 Å². The van der Waals surface area contributed by atoms with E-state index in [2.05, 4.69) is 5.32 Å². The summed E-state index contributed by atoms with van der Waals surface area (Å²) in [6.07, 6.45) is 0.639. The maximum Gasteiger partial charge on any atom is 0.342 e. The number of carbonyl (C=O) groups is 3. The van der Waals surface area contributed by atoms with Gasteiger partial charge in [0, 0.05) is 4.88 Å². The summed E-state index contributed by atoms with van der Waals surface area (Å²) in [5.41, 5.74) is 1.49. The molecule has 0 unspecified atom stereocenters. The Morgan fingerprint density at radius 3 is 2.37 bits per heavy atom. The van der Waals surface area contributed by atoms with Crippen molar-refractivity contribution in [3.8, 4) is 0 Å². The lowest BCUT2D eigenvalue weighted by molar-refractivity contribution is -0.119. The van der Waals surface area contributed by atoms with E-state index in [1.807, 2.05) is 13.8 Å². The average Bonchev–Trinajstić information content (AvgIpc) is 3.10. The van der Waals surface area contributed by atoms with Gasteiger partial charge < -0.3 is 19.2 Å². The Kier molecular flexibility index (Phi) is 6.79. The predicted octanol–water partition coefficient (Wildman–Crippen LogP) is 3.80. The molecule has 0 bridgehead atoms. The number of amides is 1. The smallest absolute Gasteiger partial charge is 0.342 e. The number of aryl methyl sites for hydroxylation is 3. The van der Waals surface area contributed by atoms with Gasteiger partial charge in [-0.1, -0.05) is 6.92 Å². The van der Waals surface area contributed by atoms with Crippen molar-refractivity contribution in [3.63, 3.8) is 0 Å². The fourth-order valence-electron chi connectivity index (χ4n) is 2.72. The summed E-state index contributed by atoms with van der Waals surface area (Å²) in [5.74, 6) is -0.624. The van der Waals surface area contributed by atoms with Gasteiger partial charge in [0.15, 0.2) is 6.61 Å². The second kappa shape index (κ2) is 8.85. The summed E-state index contributed by atoms with van der Waals surface area (Å²) in [6, 6.07) is 1.56. The van der Waals surface area contributed by atoms with Crippen molar-refractivity contribution in [2.45, 2.75) is 41.0 Å². The lowest BCUT2D eigenvalue weighted by Crippen LogP contribution is -2.22. The number of thiophene rings is 1. The Morgan fingerprint density at radius 2 is 1.81 bits per heavy atom. The van der Waals surface area contributed by atoms with E-state index in [-0.39, 0.29) is 12.2 Å². The molecule has 0 aliphatic heterocycles. The lowest BCUT2D eigenvalue weighted by atomic mass is 10.1. The zero-order valence-electron chi connectivity index (χ0n) is 16.1. The van der Waals surface area contributed by atoms with Crippen molar-refractivity contribution in [2.75, 3.05) is 18.5 Å². The van der Waals surface area contributed by atoms with Crippen LogP contribution in [0.3, 0.4) is 0 Å². The Labute approximate surface area is 161 Å². The van der Waals surface area contributed by atoms with Crippen LogP contribution in [0.5, 0.6) is 0 Å². The molecule has 1 N–H and O–H groups in total. The summed E-state index contributed by atoms with van der Waals surface area (Å²) >= 11 is 1.30. The third-order valence-corrected chi connectivity index (χ3v) is 4.95. The molecule has 146 valence electrons. The molecular weight excluding hydrogens is 370 g/mol. The standard InChI is InChI=1S/C19H23NO6S/c1-6-13-12(5)27-17(16(13)19(23)24-7-2)20-15(21)9-25-18(22)14-8-10(3)26-11(14)4/h8H,6-7,9H2,1-5H3,(H,20,21). The largest absolute Gasteiger partial charge is 0.466 e. The molecule has 0 atom stereocenters. The summed E-state index contributed by atoms with van der Waals surface area (Å²) in [5, 5.41) is 3.05. The Hall–Kier alpha value is -2.61. The molecule has 2 aromatic rings. The zero-order chi connectivity index (χ0) is 20.1. The first-order chi connectivity index (χ1) is 12.8. The number of hydrogen-bond acceptors (Lipinski definition) is 7. The first-order valence-electron chi connectivity index (χ1n) is 8.61. The average molecular weight is 393 g/mol. The highest BCUT2D eigenvalue weighted by atomic mass is 32.1. The van der Waals surface area contributed by atoms with Gasteiger partial charge in [0.05, 0.1) is 12.2 Å². The molecule has 0 radical (unpaired) electrons. The van der Waals surface area contributed by atoms with Crippen molar-refractivity contribution >= 4 is 34.2 Å². The van der Waals surface area contributed by atoms with Crippen LogP contribution in [0.25, 0.3) is 0 Å². The van der Waals surface area contributed by atoms with Gasteiger partial charge in [-0.25, -0.2) is 9.59 Å². The van der Waals surface area contributed by atoms with Crippen LogP contribution in [-0.2, 0) is 20.7 Å². The predicted molar refractivity (Wildman–Crippen MR) is 101 cm³/mol. The highest BCUT2D eigenvalue weighted by Crippen LogP contribution is 2.34. The molecule has 27 heavy (non-hydrogen) atoms. The number of anilines is 1. The highest BCUT2D eigenvalue weighted by Gasteiger charge is 2.24. The van der Waals surface area contributed by atoms with E-state index in [0.717, 1.165) is 10.4 Å². The van der Waals surface area contributed by atoms with E-state index >= 15 is 0 Å². The second-order valence-corrected chi connectivity index (χ2v) is 7.09. The SMILES string of the molecule is CCOC(=O)c1c(NC(=O)COC(=O)c2cc(C)oc2C)sc(C)c1CC. The number of rotatable bonds is 7. The fourth-order valence-corrected chi connectivity index (χ4v) is 3.87. The first-order valence-corrected chi connectivity index (χ1v) is 9.43. The summed E-state index contributed by atoms with van der Waals surface area (Å²) in [7, 11) is 0. The quantitative estimate of drug-likeness (QED) is 0.719. The van der Waals surface area contributed by atoms with Crippen LogP contribution in [0.4, 0.5) is 5.00 Å². The minimum atomic E-state index is -0.637. The normalized spacial score (nSPS) is 10.6. The number of nitrogens with one attached hydrogen (secondary N) is 1. The molecule has 0 fully saturated rings. The van der Waals surface area contributed by atoms with E-state index in [0.29, 0.717) is 28.5 Å². The van der Waals surface area contributed by atoms with Crippen molar-refractivity contribution < 1.29 is 28.3 Å². The summed E-state index contributed by atoms with van der Waals surface area (Å²) < 4.78 is 15.4. The van der Waals surface area contributed by atoms with E-state index in [4.69, 9.17) is 13.9 Å². The molecule has 2 aromatic heterocycles. The number of hydrogen-bond donors (Lipinski definition) is 1. The first kappa shape index (κ1) is 20.7. The number of esters is 2. The van der Waals surface area contributed by atoms with Crippen molar-refractivity contribution in [1.82, 2.24) is 0 Å². The number of furan rings is 1. The minimum Gasteiger partial charge on any atom is -0.466 e. The van der Waals surface area contributed by atoms with Gasteiger partial charge in [-0.3, -0.25) is 4.79 Å². The van der Waals surface area contributed by atoms with Crippen LogP contribution in [0.1, 0.15) is 56.5 Å². The monoisotopic (exact) mass is 393 g/mol. The Bertz CT molecular complexity index is 864. The number of carbonyl (C=O) groups excluding carboxylic acids is 3. The van der Waals surface area contributed by atoms with Crippen LogP contribution in [0.15, 0.2) is 10.5 Å². The lowest BCUT2D eigenvalue weighted by Gasteiger charge is -2.08. The molecular formula is C19H23NO6S. The summed E-state index contributed by atoms with van der Waals surface area (Å²) in [4.78, 5) is 37.5. The molecule has 0 aliphatic carbocycles. The third kappa shape index (κ3) is 4.77. The van der Waals surface area contributed by atoms with Gasteiger partial charge in [0.2, 0.25) is 0 Å². The van der Waals surface area contributed by atoms with Gasteiger partial charge in [0.1, 0.15) is 22.1 Å². The fraction of sp³-hybridized carbons (Fsp3) is 0.421. The van der Waals surface area contributed by atoms with E-state index in [1.165, 1.54) is 11.3 Å². The molecule has 0 saturated carbocycles. The molecule has 8 heteroatoms. The van der Waals surface area contributed by atoms with E-state index in [1.54, 1.807) is 26.8 Å². The topological polar surface area (TPSA) is 94.8 Å². The summed E-state index contributed by atoms with van der Waals surface area (Å²) in [6.45, 7) is 8.68. The minimum absolute atomic E-state index is 0.241. The van der Waals surface area contributed by atoms with Gasteiger partial charge in [-0.15, -0.1) is 11.3 Å². The Balaban J connectivity index is 2.08. The molecule has 0 saturated heterocycles. The van der Waals surface area contributed by atoms with E-state index < -0.39 is 24.5 Å². The maximum absolute atomic E-state index is 12.3. The second-order valence-electron chi connectivity index (χ2n) is 5.87. The molecule has 0 aromatic carbocycles. The molecule has 2 heterocycles. The van der Waals surface area contributed by atoms with Crippen LogP contribution in [-0.4, -0.2) is 31.1 Å². The van der Waals surface area contributed by atoms with Gasteiger partial charge in [0.25, 0.3) is 5.91 Å². The van der Waals surface area contributed by atoms with Crippen molar-refractivity contribution in [3.05, 3.63) is 39.2 Å². The third-order valence-electron chi connectivity index (χ3n) is 3.89. The maximum atomic E-state index is 12.3. The molecule has 0 spiro atoms. The van der Waals surface area contributed by atoms with Crippen molar-refractivity contribution in [1.29, 1.82) is 0 Å². The molecule has 1 amide bonds. The van der Waals surface area contributed by atoms with Crippen molar-refractivity contribution in [2.24, 2.45) is 0 Å². The van der Waals surface area contributed by atoms with Crippen LogP contribution >= 0.6 is 11.3 Å². The van der Waals surface area contributed by atoms with E-state index in [9.17, 15) is 14.4 Å². The highest BCUT2D eigenvalue weighted by molar-refractivity contribution is 7.16. The number of ether oxygens (including phenoxy) is 2. The molecule has 0 aliphatic rings. The zero-order valence-corrected chi connectivity index (χ0v) is 16.9. The molecule has 7 nitrogen and oxygen atoms in total. The van der Waals surface area contributed by atoms with Gasteiger partial charge in [-0.2, -0.15) is 0 Å². The molecule has 2 rings (SSSR count). The van der Waals surface area contributed by atoms with Crippen LogP contribution in [0.2, 0.25) is 0 Å². The van der Waals surface area contributed by atoms with Crippen LogP contribution < -0.4 is 5.32 Å². The van der Waals surface area contributed by atoms with Crippen LogP contribution in [0, 0.1) is 20.8 Å². The van der Waals surface area contributed by atoms with Gasteiger partial charge in [-0.05, 0) is 45.7 Å².